The Labute approximate surface area is 120 Å². The number of benzene rings is 1. The molecule has 0 aromatic heterocycles. The molecule has 4 N–H and O–H groups in total. The molecule has 0 aliphatic heterocycles. The van der Waals surface area contributed by atoms with E-state index in [0.29, 0.717) is 0 Å². The molecule has 20 heavy (non-hydrogen) atoms. The molecule has 0 aliphatic rings. The zero-order chi connectivity index (χ0) is 15.3. The number of nitrogens with one attached hydrogen (secondary N) is 1. The zero-order valence-electron chi connectivity index (χ0n) is 11.0. The van der Waals surface area contributed by atoms with Crippen LogP contribution in [0.15, 0.2) is 12.1 Å². The molecule has 1 unspecified atom stereocenters. The largest absolute Gasteiger partial charge is 0.496 e. The number of rotatable bonds is 6. The van der Waals surface area contributed by atoms with Crippen LogP contribution in [-0.4, -0.2) is 43.9 Å². The van der Waals surface area contributed by atoms with Gasteiger partial charge in [0.2, 0.25) is 0 Å². The number of anilines is 1. The number of ether oxygens (including phenoxy) is 2. The molecule has 110 valence electrons. The van der Waals surface area contributed by atoms with E-state index < -0.39 is 18.0 Å². The molecule has 0 radical (unpaired) electrons. The van der Waals surface area contributed by atoms with Gasteiger partial charge in [-0.15, -0.1) is 0 Å². The van der Waals surface area contributed by atoms with E-state index in [-0.39, 0.29) is 28.6 Å². The van der Waals surface area contributed by atoms with Gasteiger partial charge >= 0.3 is 5.97 Å². The molecule has 1 aromatic carbocycles. The molecule has 0 saturated heterocycles. The molecule has 0 bridgehead atoms. The fourth-order valence-electron chi connectivity index (χ4n) is 1.51. The summed E-state index contributed by atoms with van der Waals surface area (Å²) in [5.74, 6) is -1.58. The van der Waals surface area contributed by atoms with Crippen LogP contribution in [0.4, 0.5) is 5.69 Å². The topological polar surface area (TPSA) is 111 Å². The summed E-state index contributed by atoms with van der Waals surface area (Å²) in [6.07, 6.45) is -0.823. The highest BCUT2D eigenvalue weighted by atomic mass is 35.5. The minimum atomic E-state index is -1.18. The van der Waals surface area contributed by atoms with Crippen molar-refractivity contribution in [2.45, 2.75) is 6.10 Å². The molecular weight excluding hydrogens is 288 g/mol. The van der Waals surface area contributed by atoms with Crippen LogP contribution in [0.1, 0.15) is 10.4 Å². The lowest BCUT2D eigenvalue weighted by atomic mass is 10.1. The summed E-state index contributed by atoms with van der Waals surface area (Å²) in [4.78, 5) is 22.8. The molecule has 1 amide bonds. The highest BCUT2D eigenvalue weighted by Crippen LogP contribution is 2.31. The Bertz CT molecular complexity index is 517. The number of carbonyl (C=O) groups is 2. The molecule has 1 atom stereocenters. The summed E-state index contributed by atoms with van der Waals surface area (Å²) in [6, 6.07) is 2.52. The third kappa shape index (κ3) is 3.60. The number of methoxy groups -OCH3 is 2. The van der Waals surface area contributed by atoms with Crippen molar-refractivity contribution in [2.24, 2.45) is 5.73 Å². The molecular formula is C12H15ClN2O5. The summed E-state index contributed by atoms with van der Waals surface area (Å²) >= 11 is 5.93. The molecule has 0 saturated carbocycles. The van der Waals surface area contributed by atoms with Gasteiger partial charge in [-0.3, -0.25) is 4.79 Å². The first-order valence-electron chi connectivity index (χ1n) is 5.59. The Balaban J connectivity index is 3.08. The van der Waals surface area contributed by atoms with E-state index in [0.717, 1.165) is 0 Å². The van der Waals surface area contributed by atoms with E-state index in [4.69, 9.17) is 31.9 Å². The Morgan fingerprint density at radius 1 is 1.45 bits per heavy atom. The van der Waals surface area contributed by atoms with Gasteiger partial charge in [0.25, 0.3) is 5.91 Å². The summed E-state index contributed by atoms with van der Waals surface area (Å²) in [6.45, 7) is 0.00426. The normalized spacial score (nSPS) is 11.8. The average molecular weight is 303 g/mol. The summed E-state index contributed by atoms with van der Waals surface area (Å²) in [5.41, 5.74) is 5.49. The number of carboxylic acids is 1. The molecule has 7 nitrogen and oxygen atoms in total. The standard InChI is InChI=1S/C12H15ClN2O5/c1-19-9-4-8(7(13)3-6(9)12(17)18)15-11(16)10(5-14)20-2/h3-4,10H,5,14H2,1-2H3,(H,15,16)(H,17,18). The van der Waals surface area contributed by atoms with Crippen LogP contribution in [0.25, 0.3) is 0 Å². The average Bonchev–Trinajstić information content (AvgIpc) is 2.41. The highest BCUT2D eigenvalue weighted by molar-refractivity contribution is 6.34. The van der Waals surface area contributed by atoms with Gasteiger partial charge in [0.05, 0.1) is 17.8 Å². The maximum atomic E-state index is 11.8. The van der Waals surface area contributed by atoms with Crippen LogP contribution in [0, 0.1) is 0 Å². The minimum absolute atomic E-state index is 0.00426. The Kier molecular flexibility index (Phi) is 5.75. The number of carbonyl (C=O) groups excluding carboxylic acids is 1. The van der Waals surface area contributed by atoms with Crippen molar-refractivity contribution in [3.05, 3.63) is 22.7 Å². The van der Waals surface area contributed by atoms with Crippen molar-refractivity contribution in [3.63, 3.8) is 0 Å². The van der Waals surface area contributed by atoms with Crippen molar-refractivity contribution >= 4 is 29.2 Å². The first-order valence-corrected chi connectivity index (χ1v) is 5.96. The smallest absolute Gasteiger partial charge is 0.339 e. The number of amides is 1. The fraction of sp³-hybridized carbons (Fsp3) is 0.333. The number of hydrogen-bond acceptors (Lipinski definition) is 5. The fourth-order valence-corrected chi connectivity index (χ4v) is 1.72. The Morgan fingerprint density at radius 2 is 2.10 bits per heavy atom. The number of nitrogens with two attached hydrogens (primary N) is 1. The van der Waals surface area contributed by atoms with E-state index >= 15 is 0 Å². The van der Waals surface area contributed by atoms with Crippen molar-refractivity contribution in [3.8, 4) is 5.75 Å². The van der Waals surface area contributed by atoms with Crippen LogP contribution in [0.5, 0.6) is 5.75 Å². The summed E-state index contributed by atoms with van der Waals surface area (Å²) < 4.78 is 9.84. The van der Waals surface area contributed by atoms with Gasteiger partial charge in [-0.2, -0.15) is 0 Å². The van der Waals surface area contributed by atoms with Crippen LogP contribution in [-0.2, 0) is 9.53 Å². The highest BCUT2D eigenvalue weighted by Gasteiger charge is 2.20. The van der Waals surface area contributed by atoms with Crippen LogP contribution in [0.3, 0.4) is 0 Å². The molecule has 8 heteroatoms. The van der Waals surface area contributed by atoms with Crippen molar-refractivity contribution in [1.29, 1.82) is 0 Å². The number of carboxylic acid groups (broad SMARTS) is 1. The second-order valence-corrected chi connectivity index (χ2v) is 4.19. The lowest BCUT2D eigenvalue weighted by Crippen LogP contribution is -2.36. The number of aromatic carboxylic acids is 1. The molecule has 1 rings (SSSR count). The van der Waals surface area contributed by atoms with Gasteiger partial charge in [0.15, 0.2) is 0 Å². The van der Waals surface area contributed by atoms with E-state index in [1.54, 1.807) is 0 Å². The second-order valence-electron chi connectivity index (χ2n) is 3.79. The van der Waals surface area contributed by atoms with E-state index in [9.17, 15) is 9.59 Å². The lowest BCUT2D eigenvalue weighted by Gasteiger charge is -2.15. The first-order chi connectivity index (χ1) is 9.44. The van der Waals surface area contributed by atoms with Crippen molar-refractivity contribution < 1.29 is 24.2 Å². The van der Waals surface area contributed by atoms with Crippen molar-refractivity contribution in [2.75, 3.05) is 26.1 Å². The van der Waals surface area contributed by atoms with Gasteiger partial charge in [0.1, 0.15) is 17.4 Å². The first kappa shape index (κ1) is 16.2. The molecule has 1 aromatic rings. The van der Waals surface area contributed by atoms with Crippen LogP contribution in [0.2, 0.25) is 5.02 Å². The lowest BCUT2D eigenvalue weighted by molar-refractivity contribution is -0.125. The van der Waals surface area contributed by atoms with Gasteiger partial charge in [-0.05, 0) is 6.07 Å². The quantitative estimate of drug-likeness (QED) is 0.722. The molecule has 0 fully saturated rings. The molecule has 0 heterocycles. The summed E-state index contributed by atoms with van der Waals surface area (Å²) in [5, 5.41) is 11.6. The maximum Gasteiger partial charge on any atom is 0.339 e. The SMILES string of the molecule is COc1cc(NC(=O)C(CN)OC)c(Cl)cc1C(=O)O. The molecule has 0 aliphatic carbocycles. The predicted molar refractivity (Wildman–Crippen MR) is 73.4 cm³/mol. The zero-order valence-corrected chi connectivity index (χ0v) is 11.7. The van der Waals surface area contributed by atoms with Gasteiger partial charge in [-0.25, -0.2) is 4.79 Å². The third-order valence-corrected chi connectivity index (χ3v) is 2.88. The van der Waals surface area contributed by atoms with E-state index in [1.807, 2.05) is 0 Å². The monoisotopic (exact) mass is 302 g/mol. The molecule has 0 spiro atoms. The van der Waals surface area contributed by atoms with Crippen LogP contribution >= 0.6 is 11.6 Å². The van der Waals surface area contributed by atoms with Crippen LogP contribution < -0.4 is 15.8 Å². The number of hydrogen-bond donors (Lipinski definition) is 3. The van der Waals surface area contributed by atoms with Gasteiger partial charge in [0, 0.05) is 19.7 Å². The minimum Gasteiger partial charge on any atom is -0.496 e. The number of halogens is 1. The third-order valence-electron chi connectivity index (χ3n) is 2.57. The maximum absolute atomic E-state index is 11.8. The Hall–Kier alpha value is -1.83. The van der Waals surface area contributed by atoms with Gasteiger partial charge < -0.3 is 25.6 Å². The second kappa shape index (κ2) is 7.09. The Morgan fingerprint density at radius 3 is 2.55 bits per heavy atom. The van der Waals surface area contributed by atoms with E-state index in [1.165, 1.54) is 26.4 Å². The summed E-state index contributed by atoms with van der Waals surface area (Å²) in [7, 11) is 2.67. The van der Waals surface area contributed by atoms with E-state index in [2.05, 4.69) is 5.32 Å². The van der Waals surface area contributed by atoms with Crippen molar-refractivity contribution in [1.82, 2.24) is 0 Å². The predicted octanol–water partition coefficient (Wildman–Crippen LogP) is 0.959. The van der Waals surface area contributed by atoms with Gasteiger partial charge in [-0.1, -0.05) is 11.6 Å².